The van der Waals surface area contributed by atoms with Crippen molar-refractivity contribution in [2.75, 3.05) is 5.32 Å². The van der Waals surface area contributed by atoms with Crippen LogP contribution < -0.4 is 5.32 Å². The number of hydrogen-bond donors (Lipinski definition) is 2. The van der Waals surface area contributed by atoms with Gasteiger partial charge in [-0.05, 0) is 19.3 Å². The first-order valence-electron chi connectivity index (χ1n) is 6.06. The Hall–Kier alpha value is -1.65. The van der Waals surface area contributed by atoms with Crippen LogP contribution in [0.5, 0.6) is 0 Å². The zero-order valence-corrected chi connectivity index (χ0v) is 10.8. The zero-order valence-electron chi connectivity index (χ0n) is 10.8. The molecular weight excluding hydrogens is 214 g/mol. The topological polar surface area (TPSA) is 66.5 Å². The summed E-state index contributed by atoms with van der Waals surface area (Å²) in [6, 6.07) is 0.407. The Morgan fingerprint density at radius 2 is 2.12 bits per heavy atom. The van der Waals surface area contributed by atoms with Crippen LogP contribution in [-0.2, 0) is 0 Å². The third-order valence-corrected chi connectivity index (χ3v) is 2.96. The highest BCUT2D eigenvalue weighted by Crippen LogP contribution is 2.20. The van der Waals surface area contributed by atoms with Gasteiger partial charge >= 0.3 is 0 Å². The SMILES string of the molecule is CCC(Nc1nc(C)nc2[nH]cnc12)C(C)C. The van der Waals surface area contributed by atoms with Gasteiger partial charge in [-0.15, -0.1) is 0 Å². The summed E-state index contributed by atoms with van der Waals surface area (Å²) in [5.74, 6) is 2.14. The molecule has 0 amide bonds. The van der Waals surface area contributed by atoms with Crippen molar-refractivity contribution >= 4 is 17.0 Å². The van der Waals surface area contributed by atoms with Crippen molar-refractivity contribution < 1.29 is 0 Å². The lowest BCUT2D eigenvalue weighted by Gasteiger charge is -2.21. The van der Waals surface area contributed by atoms with E-state index in [0.717, 1.165) is 29.2 Å². The van der Waals surface area contributed by atoms with Crippen LogP contribution in [0.4, 0.5) is 5.82 Å². The van der Waals surface area contributed by atoms with E-state index in [1.807, 2.05) is 6.92 Å². The van der Waals surface area contributed by atoms with Crippen LogP contribution in [0.25, 0.3) is 11.2 Å². The molecule has 0 radical (unpaired) electrons. The molecule has 0 spiro atoms. The summed E-state index contributed by atoms with van der Waals surface area (Å²) in [5.41, 5.74) is 1.60. The largest absolute Gasteiger partial charge is 0.365 e. The molecule has 2 aromatic rings. The second kappa shape index (κ2) is 4.69. The van der Waals surface area contributed by atoms with Crippen molar-refractivity contribution in [2.24, 2.45) is 5.92 Å². The number of H-pyrrole nitrogens is 1. The Morgan fingerprint density at radius 3 is 2.76 bits per heavy atom. The van der Waals surface area contributed by atoms with E-state index >= 15 is 0 Å². The maximum atomic E-state index is 4.44. The maximum absolute atomic E-state index is 4.44. The molecule has 0 aliphatic carbocycles. The summed E-state index contributed by atoms with van der Waals surface area (Å²) >= 11 is 0. The van der Waals surface area contributed by atoms with Gasteiger partial charge in [0.1, 0.15) is 11.3 Å². The molecule has 0 aliphatic rings. The fourth-order valence-electron chi connectivity index (χ4n) is 1.96. The molecular formula is C12H19N5. The van der Waals surface area contributed by atoms with Gasteiger partial charge in [-0.3, -0.25) is 0 Å². The van der Waals surface area contributed by atoms with Crippen molar-refractivity contribution in [3.05, 3.63) is 12.2 Å². The van der Waals surface area contributed by atoms with E-state index < -0.39 is 0 Å². The minimum atomic E-state index is 0.407. The quantitative estimate of drug-likeness (QED) is 0.851. The van der Waals surface area contributed by atoms with E-state index in [1.54, 1.807) is 6.33 Å². The van der Waals surface area contributed by atoms with Crippen molar-refractivity contribution in [3.63, 3.8) is 0 Å². The van der Waals surface area contributed by atoms with E-state index in [4.69, 9.17) is 0 Å². The molecule has 0 saturated carbocycles. The number of aryl methyl sites for hydroxylation is 1. The Balaban J connectivity index is 2.37. The van der Waals surface area contributed by atoms with Gasteiger partial charge in [0.15, 0.2) is 11.5 Å². The van der Waals surface area contributed by atoms with Gasteiger partial charge in [-0.1, -0.05) is 20.8 Å². The molecule has 5 heteroatoms. The first kappa shape index (κ1) is 11.8. The van der Waals surface area contributed by atoms with Crippen molar-refractivity contribution in [3.8, 4) is 0 Å². The molecule has 5 nitrogen and oxygen atoms in total. The number of nitrogens with zero attached hydrogens (tertiary/aromatic N) is 3. The maximum Gasteiger partial charge on any atom is 0.163 e. The zero-order chi connectivity index (χ0) is 12.4. The summed E-state index contributed by atoms with van der Waals surface area (Å²) in [5, 5.41) is 3.46. The summed E-state index contributed by atoms with van der Waals surface area (Å²) in [6.07, 6.45) is 2.72. The summed E-state index contributed by atoms with van der Waals surface area (Å²) in [7, 11) is 0. The summed E-state index contributed by atoms with van der Waals surface area (Å²) in [6.45, 7) is 8.48. The predicted octanol–water partition coefficient (Wildman–Crippen LogP) is 2.51. The molecule has 2 aromatic heterocycles. The Labute approximate surface area is 101 Å². The minimum Gasteiger partial charge on any atom is -0.365 e. The van der Waals surface area contributed by atoms with Gasteiger partial charge < -0.3 is 10.3 Å². The van der Waals surface area contributed by atoms with Gasteiger partial charge in [-0.25, -0.2) is 15.0 Å². The third kappa shape index (κ3) is 2.38. The third-order valence-electron chi connectivity index (χ3n) is 2.96. The molecule has 2 heterocycles. The average Bonchev–Trinajstić information content (AvgIpc) is 2.72. The minimum absolute atomic E-state index is 0.407. The molecule has 2 rings (SSSR count). The monoisotopic (exact) mass is 233 g/mol. The first-order chi connectivity index (χ1) is 8.11. The van der Waals surface area contributed by atoms with Crippen LogP contribution in [0.15, 0.2) is 6.33 Å². The molecule has 92 valence electrons. The molecule has 1 unspecified atom stereocenters. The molecule has 0 fully saturated rings. The van der Waals surface area contributed by atoms with Gasteiger partial charge in [0, 0.05) is 6.04 Å². The van der Waals surface area contributed by atoms with E-state index in [1.165, 1.54) is 0 Å². The van der Waals surface area contributed by atoms with Crippen LogP contribution in [0.2, 0.25) is 0 Å². The Bertz CT molecular complexity index is 503. The van der Waals surface area contributed by atoms with Gasteiger partial charge in [0.25, 0.3) is 0 Å². The van der Waals surface area contributed by atoms with E-state index in [-0.39, 0.29) is 0 Å². The van der Waals surface area contributed by atoms with E-state index in [0.29, 0.717) is 12.0 Å². The fraction of sp³-hybridized carbons (Fsp3) is 0.583. The van der Waals surface area contributed by atoms with Crippen molar-refractivity contribution in [1.29, 1.82) is 0 Å². The number of imidazole rings is 1. The van der Waals surface area contributed by atoms with Crippen LogP contribution >= 0.6 is 0 Å². The van der Waals surface area contributed by atoms with E-state index in [2.05, 4.69) is 46.0 Å². The van der Waals surface area contributed by atoms with Crippen molar-refractivity contribution in [2.45, 2.75) is 40.2 Å². The average molecular weight is 233 g/mol. The van der Waals surface area contributed by atoms with Gasteiger partial charge in [-0.2, -0.15) is 0 Å². The van der Waals surface area contributed by atoms with Crippen LogP contribution in [0.3, 0.4) is 0 Å². The van der Waals surface area contributed by atoms with Crippen LogP contribution in [0.1, 0.15) is 33.0 Å². The molecule has 1 atom stereocenters. The predicted molar refractivity (Wildman–Crippen MR) is 69.0 cm³/mol. The molecule has 0 aliphatic heterocycles. The second-order valence-corrected chi connectivity index (χ2v) is 4.62. The highest BCUT2D eigenvalue weighted by molar-refractivity contribution is 5.82. The van der Waals surface area contributed by atoms with Gasteiger partial charge in [0.05, 0.1) is 6.33 Å². The second-order valence-electron chi connectivity index (χ2n) is 4.62. The van der Waals surface area contributed by atoms with Gasteiger partial charge in [0.2, 0.25) is 0 Å². The molecule has 0 aromatic carbocycles. The fourth-order valence-corrected chi connectivity index (χ4v) is 1.96. The number of hydrogen-bond acceptors (Lipinski definition) is 4. The highest BCUT2D eigenvalue weighted by Gasteiger charge is 2.15. The summed E-state index contributed by atoms with van der Waals surface area (Å²) < 4.78 is 0. The normalized spacial score (nSPS) is 13.2. The molecule has 2 N–H and O–H groups in total. The molecule has 0 saturated heterocycles. The lowest BCUT2D eigenvalue weighted by atomic mass is 10.0. The molecule has 0 bridgehead atoms. The number of nitrogens with one attached hydrogen (secondary N) is 2. The van der Waals surface area contributed by atoms with Crippen LogP contribution in [0, 0.1) is 12.8 Å². The Morgan fingerprint density at radius 1 is 1.35 bits per heavy atom. The highest BCUT2D eigenvalue weighted by atomic mass is 15.1. The summed E-state index contributed by atoms with van der Waals surface area (Å²) in [4.78, 5) is 16.0. The number of anilines is 1. The first-order valence-corrected chi connectivity index (χ1v) is 6.06. The standard InChI is InChI=1S/C12H19N5/c1-5-9(7(2)3)17-12-10-11(14-6-13-10)15-8(4)16-12/h6-7,9H,5H2,1-4H3,(H2,13,14,15,16,17). The number of rotatable bonds is 4. The molecule has 17 heavy (non-hydrogen) atoms. The van der Waals surface area contributed by atoms with E-state index in [9.17, 15) is 0 Å². The number of aromatic amines is 1. The lowest BCUT2D eigenvalue weighted by molar-refractivity contribution is 0.510. The smallest absolute Gasteiger partial charge is 0.163 e. The Kier molecular flexibility index (Phi) is 3.26. The number of aromatic nitrogens is 4. The lowest BCUT2D eigenvalue weighted by Crippen LogP contribution is -2.25. The van der Waals surface area contributed by atoms with Crippen LogP contribution in [-0.4, -0.2) is 26.0 Å². The number of fused-ring (bicyclic) bond motifs is 1. The van der Waals surface area contributed by atoms with Crippen molar-refractivity contribution in [1.82, 2.24) is 19.9 Å².